The van der Waals surface area contributed by atoms with Crippen LogP contribution in [0.3, 0.4) is 0 Å². The molecule has 0 spiro atoms. The number of carbonyl (C=O) groups is 1. The SMILES string of the molecule is CC(c1cc2ccccc2o1)N(C)C(=O)c1ccc(NS(=O)(=O)c2cccc([N+](=O)[O-])c2)cc1. The van der Waals surface area contributed by atoms with E-state index in [1.54, 1.807) is 11.9 Å². The molecule has 0 bridgehead atoms. The minimum Gasteiger partial charge on any atom is -0.459 e. The van der Waals surface area contributed by atoms with Crippen molar-refractivity contribution >= 4 is 38.3 Å². The van der Waals surface area contributed by atoms with Crippen LogP contribution in [-0.2, 0) is 10.0 Å². The van der Waals surface area contributed by atoms with Gasteiger partial charge in [0.25, 0.3) is 21.6 Å². The molecule has 34 heavy (non-hydrogen) atoms. The van der Waals surface area contributed by atoms with Gasteiger partial charge in [-0.1, -0.05) is 24.3 Å². The van der Waals surface area contributed by atoms with E-state index in [4.69, 9.17) is 4.42 Å². The predicted octanol–water partition coefficient (Wildman–Crippen LogP) is 4.98. The maximum atomic E-state index is 13.0. The quantitative estimate of drug-likeness (QED) is 0.295. The van der Waals surface area contributed by atoms with E-state index in [9.17, 15) is 23.3 Å². The summed E-state index contributed by atoms with van der Waals surface area (Å²) in [5.74, 6) is 0.388. The smallest absolute Gasteiger partial charge is 0.270 e. The Kier molecular flexibility index (Phi) is 6.08. The second-order valence-corrected chi connectivity index (χ2v) is 9.40. The average Bonchev–Trinajstić information content (AvgIpc) is 3.27. The third kappa shape index (κ3) is 4.62. The number of nitro benzene ring substituents is 1. The highest BCUT2D eigenvalue weighted by molar-refractivity contribution is 7.92. The third-order valence-corrected chi connectivity index (χ3v) is 6.86. The number of non-ortho nitro benzene ring substituents is 1. The number of hydrogen-bond donors (Lipinski definition) is 1. The molecule has 3 aromatic carbocycles. The van der Waals surface area contributed by atoms with Crippen LogP contribution in [0, 0.1) is 10.1 Å². The highest BCUT2D eigenvalue weighted by Crippen LogP contribution is 2.28. The first kappa shape index (κ1) is 23.0. The molecule has 0 aliphatic rings. The molecule has 0 saturated carbocycles. The Bertz CT molecular complexity index is 1450. The van der Waals surface area contributed by atoms with E-state index >= 15 is 0 Å². The van der Waals surface area contributed by atoms with Gasteiger partial charge in [0, 0.05) is 35.8 Å². The van der Waals surface area contributed by atoms with Gasteiger partial charge in [0.15, 0.2) is 0 Å². The summed E-state index contributed by atoms with van der Waals surface area (Å²) in [5.41, 5.74) is 0.996. The van der Waals surface area contributed by atoms with Crippen molar-refractivity contribution in [2.24, 2.45) is 0 Å². The second kappa shape index (κ2) is 8.99. The lowest BCUT2D eigenvalue weighted by Gasteiger charge is -2.23. The molecule has 1 amide bonds. The van der Waals surface area contributed by atoms with Crippen molar-refractivity contribution < 1.29 is 22.6 Å². The van der Waals surface area contributed by atoms with Crippen LogP contribution in [0.2, 0.25) is 0 Å². The fourth-order valence-electron chi connectivity index (χ4n) is 3.44. The van der Waals surface area contributed by atoms with Gasteiger partial charge in [-0.05, 0) is 49.4 Å². The topological polar surface area (TPSA) is 123 Å². The molecule has 1 unspecified atom stereocenters. The first-order valence-corrected chi connectivity index (χ1v) is 11.8. The molecule has 9 nitrogen and oxygen atoms in total. The Morgan fingerprint density at radius 3 is 2.41 bits per heavy atom. The number of furan rings is 1. The number of hydrogen-bond acceptors (Lipinski definition) is 6. The van der Waals surface area contributed by atoms with Crippen LogP contribution in [0.15, 0.2) is 88.2 Å². The standard InChI is InChI=1S/C24H21N3O6S/c1-16(23-14-18-6-3-4-9-22(18)33-23)26(2)24(28)17-10-12-19(13-11-17)25-34(31,32)21-8-5-7-20(15-21)27(29)30/h3-16,25H,1-2H3. The largest absolute Gasteiger partial charge is 0.459 e. The predicted molar refractivity (Wildman–Crippen MR) is 127 cm³/mol. The van der Waals surface area contributed by atoms with Gasteiger partial charge < -0.3 is 9.32 Å². The summed E-state index contributed by atoms with van der Waals surface area (Å²) in [7, 11) is -2.38. The molecule has 1 aromatic heterocycles. The summed E-state index contributed by atoms with van der Waals surface area (Å²) >= 11 is 0. The van der Waals surface area contributed by atoms with Crippen molar-refractivity contribution in [2.45, 2.75) is 17.9 Å². The molecule has 0 radical (unpaired) electrons. The van der Waals surface area contributed by atoms with E-state index < -0.39 is 14.9 Å². The summed E-state index contributed by atoms with van der Waals surface area (Å²) in [4.78, 5) is 24.5. The lowest BCUT2D eigenvalue weighted by atomic mass is 10.1. The van der Waals surface area contributed by atoms with Crippen LogP contribution in [0.4, 0.5) is 11.4 Å². The zero-order valence-corrected chi connectivity index (χ0v) is 19.2. The van der Waals surface area contributed by atoms with Crippen LogP contribution in [0.25, 0.3) is 11.0 Å². The lowest BCUT2D eigenvalue weighted by molar-refractivity contribution is -0.385. The minimum absolute atomic E-state index is 0.219. The number of benzene rings is 3. The maximum absolute atomic E-state index is 13.0. The van der Waals surface area contributed by atoms with E-state index in [0.29, 0.717) is 11.3 Å². The minimum atomic E-state index is -4.04. The molecule has 0 aliphatic carbocycles. The van der Waals surface area contributed by atoms with Crippen molar-refractivity contribution in [3.63, 3.8) is 0 Å². The number of anilines is 1. The fourth-order valence-corrected chi connectivity index (χ4v) is 4.54. The molecule has 174 valence electrons. The van der Waals surface area contributed by atoms with Gasteiger partial charge in [0.1, 0.15) is 11.3 Å². The first-order valence-electron chi connectivity index (χ1n) is 10.3. The average molecular weight is 480 g/mol. The highest BCUT2D eigenvalue weighted by atomic mass is 32.2. The third-order valence-electron chi connectivity index (χ3n) is 5.48. The van der Waals surface area contributed by atoms with Crippen LogP contribution in [-0.4, -0.2) is 31.2 Å². The molecule has 1 atom stereocenters. The zero-order valence-electron chi connectivity index (χ0n) is 18.3. The molecule has 0 aliphatic heterocycles. The Morgan fingerprint density at radius 1 is 1.03 bits per heavy atom. The first-order chi connectivity index (χ1) is 16.2. The van der Waals surface area contributed by atoms with E-state index in [1.165, 1.54) is 42.5 Å². The molecular formula is C24H21N3O6S. The van der Waals surface area contributed by atoms with Gasteiger partial charge in [-0.25, -0.2) is 8.42 Å². The number of sulfonamides is 1. The highest BCUT2D eigenvalue weighted by Gasteiger charge is 2.22. The number of rotatable bonds is 7. The Balaban J connectivity index is 1.48. The summed E-state index contributed by atoms with van der Waals surface area (Å²) in [6, 6.07) is 19.9. The number of nitrogens with one attached hydrogen (secondary N) is 1. The van der Waals surface area contributed by atoms with Gasteiger partial charge in [0.2, 0.25) is 0 Å². The molecular weight excluding hydrogens is 458 g/mol. The zero-order chi connectivity index (χ0) is 24.5. The van der Waals surface area contributed by atoms with Gasteiger partial charge in [-0.15, -0.1) is 0 Å². The number of nitrogens with zero attached hydrogens (tertiary/aromatic N) is 2. The van der Waals surface area contributed by atoms with Crippen LogP contribution >= 0.6 is 0 Å². The molecule has 0 saturated heterocycles. The van der Waals surface area contributed by atoms with Gasteiger partial charge in [0.05, 0.1) is 15.9 Å². The number of nitro groups is 1. The summed E-state index contributed by atoms with van der Waals surface area (Å²) < 4.78 is 33.4. The molecule has 10 heteroatoms. The van der Waals surface area contributed by atoms with Gasteiger partial charge in [-0.2, -0.15) is 0 Å². The van der Waals surface area contributed by atoms with Crippen LogP contribution in [0.5, 0.6) is 0 Å². The van der Waals surface area contributed by atoms with E-state index in [0.717, 1.165) is 17.0 Å². The molecule has 1 N–H and O–H groups in total. The molecule has 1 heterocycles. The lowest BCUT2D eigenvalue weighted by Crippen LogP contribution is -2.29. The van der Waals surface area contributed by atoms with Crippen LogP contribution < -0.4 is 4.72 Å². The van der Waals surface area contributed by atoms with Gasteiger partial charge in [-0.3, -0.25) is 19.6 Å². The second-order valence-electron chi connectivity index (χ2n) is 7.72. The molecule has 4 rings (SSSR count). The van der Waals surface area contributed by atoms with Crippen molar-refractivity contribution in [1.82, 2.24) is 4.90 Å². The van der Waals surface area contributed by atoms with Crippen molar-refractivity contribution in [3.05, 3.63) is 100 Å². The number of fused-ring (bicyclic) bond motifs is 1. The Hall–Kier alpha value is -4.18. The number of para-hydroxylation sites is 1. The molecule has 4 aromatic rings. The normalized spacial score (nSPS) is 12.3. The monoisotopic (exact) mass is 479 g/mol. The molecule has 0 fully saturated rings. The van der Waals surface area contributed by atoms with Gasteiger partial charge >= 0.3 is 0 Å². The van der Waals surface area contributed by atoms with E-state index in [1.807, 2.05) is 37.3 Å². The summed E-state index contributed by atoms with van der Waals surface area (Å²) in [6.07, 6.45) is 0. The number of amides is 1. The fraction of sp³-hybridized carbons (Fsp3) is 0.125. The number of carbonyl (C=O) groups excluding carboxylic acids is 1. The Labute approximate surface area is 195 Å². The summed E-state index contributed by atoms with van der Waals surface area (Å²) in [5, 5.41) is 11.9. The Morgan fingerprint density at radius 2 is 1.74 bits per heavy atom. The summed E-state index contributed by atoms with van der Waals surface area (Å²) in [6.45, 7) is 1.86. The maximum Gasteiger partial charge on any atom is 0.270 e. The van der Waals surface area contributed by atoms with Crippen molar-refractivity contribution in [1.29, 1.82) is 0 Å². The van der Waals surface area contributed by atoms with E-state index in [2.05, 4.69) is 4.72 Å². The van der Waals surface area contributed by atoms with Crippen molar-refractivity contribution in [3.8, 4) is 0 Å². The van der Waals surface area contributed by atoms with E-state index in [-0.39, 0.29) is 28.2 Å². The van der Waals surface area contributed by atoms with Crippen molar-refractivity contribution in [2.75, 3.05) is 11.8 Å². The van der Waals surface area contributed by atoms with Crippen LogP contribution in [0.1, 0.15) is 29.1 Å².